The summed E-state index contributed by atoms with van der Waals surface area (Å²) in [4.78, 5) is 27.3. The van der Waals surface area contributed by atoms with E-state index in [1.54, 1.807) is 18.2 Å². The molecule has 2 aromatic heterocycles. The molecule has 0 unspecified atom stereocenters. The van der Waals surface area contributed by atoms with Crippen LogP contribution in [-0.2, 0) is 6.42 Å². The molecule has 0 radical (unpaired) electrons. The standard InChI is InChI=1S/C30H26Cl2N6O/c1-20-27-28(36-14-16-37(17-15-36)30(39)24-13-12-22(31)19-25(24)32)33-26(18-21-8-4-2-5-9-21)34-29(27)38(35-20)23-10-6-3-7-11-23/h2-13,19H,14-18H2,1H3. The number of amides is 1. The summed E-state index contributed by atoms with van der Waals surface area (Å²) in [5, 5.41) is 6.66. The summed E-state index contributed by atoms with van der Waals surface area (Å²) >= 11 is 12.3. The number of carbonyl (C=O) groups is 1. The highest BCUT2D eigenvalue weighted by Crippen LogP contribution is 2.31. The largest absolute Gasteiger partial charge is 0.352 e. The molecule has 39 heavy (non-hydrogen) atoms. The molecular formula is C30H26Cl2N6O. The zero-order chi connectivity index (χ0) is 26.9. The van der Waals surface area contributed by atoms with Gasteiger partial charge < -0.3 is 9.80 Å². The lowest BCUT2D eigenvalue weighted by Gasteiger charge is -2.36. The lowest BCUT2D eigenvalue weighted by Crippen LogP contribution is -2.49. The van der Waals surface area contributed by atoms with Gasteiger partial charge in [-0.1, -0.05) is 71.7 Å². The van der Waals surface area contributed by atoms with Crippen LogP contribution in [0.3, 0.4) is 0 Å². The topological polar surface area (TPSA) is 67.2 Å². The van der Waals surface area contributed by atoms with Crippen LogP contribution in [0.4, 0.5) is 5.82 Å². The Morgan fingerprint density at radius 3 is 2.26 bits per heavy atom. The zero-order valence-corrected chi connectivity index (χ0v) is 22.9. The summed E-state index contributed by atoms with van der Waals surface area (Å²) < 4.78 is 1.90. The highest BCUT2D eigenvalue weighted by atomic mass is 35.5. The Kier molecular flexibility index (Phi) is 6.94. The third kappa shape index (κ3) is 5.07. The van der Waals surface area contributed by atoms with E-state index >= 15 is 0 Å². The molecule has 0 bridgehead atoms. The molecule has 0 atom stereocenters. The van der Waals surface area contributed by atoms with Gasteiger partial charge in [0.25, 0.3) is 5.91 Å². The molecule has 1 aliphatic heterocycles. The first-order valence-electron chi connectivity index (χ1n) is 12.8. The number of aryl methyl sites for hydroxylation is 1. The molecule has 0 spiro atoms. The molecule has 1 saturated heterocycles. The number of halogens is 2. The highest BCUT2D eigenvalue weighted by molar-refractivity contribution is 6.36. The molecule has 3 heterocycles. The summed E-state index contributed by atoms with van der Waals surface area (Å²) in [5.74, 6) is 1.48. The van der Waals surface area contributed by atoms with E-state index in [2.05, 4.69) is 17.0 Å². The minimum atomic E-state index is -0.0954. The average Bonchev–Trinajstić information content (AvgIpc) is 3.29. The van der Waals surface area contributed by atoms with Crippen molar-refractivity contribution in [1.82, 2.24) is 24.6 Å². The Morgan fingerprint density at radius 1 is 0.872 bits per heavy atom. The third-order valence-electron chi connectivity index (χ3n) is 6.96. The predicted molar refractivity (Wildman–Crippen MR) is 155 cm³/mol. The third-order valence-corrected chi connectivity index (χ3v) is 7.51. The summed E-state index contributed by atoms with van der Waals surface area (Å²) in [6.45, 7) is 4.34. The maximum atomic E-state index is 13.2. The van der Waals surface area contributed by atoms with Crippen LogP contribution < -0.4 is 4.90 Å². The molecule has 0 N–H and O–H groups in total. The first-order chi connectivity index (χ1) is 19.0. The second-order valence-corrected chi connectivity index (χ2v) is 10.4. The van der Waals surface area contributed by atoms with Crippen molar-refractivity contribution in [3.8, 4) is 5.69 Å². The van der Waals surface area contributed by atoms with Gasteiger partial charge in [-0.3, -0.25) is 4.79 Å². The maximum absolute atomic E-state index is 13.2. The van der Waals surface area contributed by atoms with Gasteiger partial charge in [0.15, 0.2) is 5.65 Å². The number of para-hydroxylation sites is 1. The summed E-state index contributed by atoms with van der Waals surface area (Å²) in [6, 6.07) is 25.2. The maximum Gasteiger partial charge on any atom is 0.255 e. The second kappa shape index (κ2) is 10.7. The smallest absolute Gasteiger partial charge is 0.255 e. The van der Waals surface area contributed by atoms with Crippen molar-refractivity contribution >= 4 is 46.0 Å². The van der Waals surface area contributed by atoms with Crippen LogP contribution in [0.15, 0.2) is 78.9 Å². The molecule has 1 aliphatic rings. The van der Waals surface area contributed by atoms with Gasteiger partial charge in [0.05, 0.1) is 27.4 Å². The van der Waals surface area contributed by atoms with Gasteiger partial charge in [0.2, 0.25) is 0 Å². The van der Waals surface area contributed by atoms with Gasteiger partial charge in [0.1, 0.15) is 11.6 Å². The Labute approximate surface area is 236 Å². The average molecular weight is 557 g/mol. The molecule has 3 aromatic carbocycles. The lowest BCUT2D eigenvalue weighted by molar-refractivity contribution is 0.0747. The van der Waals surface area contributed by atoms with Gasteiger partial charge in [-0.05, 0) is 42.8 Å². The van der Waals surface area contributed by atoms with Crippen LogP contribution in [0.1, 0.15) is 27.4 Å². The van der Waals surface area contributed by atoms with E-state index in [1.807, 2.05) is 65.0 Å². The van der Waals surface area contributed by atoms with Crippen molar-refractivity contribution in [2.75, 3.05) is 31.1 Å². The Hall–Kier alpha value is -3.94. The summed E-state index contributed by atoms with van der Waals surface area (Å²) in [7, 11) is 0. The van der Waals surface area contributed by atoms with E-state index in [0.717, 1.165) is 39.6 Å². The minimum Gasteiger partial charge on any atom is -0.352 e. The molecule has 0 aliphatic carbocycles. The monoisotopic (exact) mass is 556 g/mol. The number of anilines is 1. The van der Waals surface area contributed by atoms with Crippen LogP contribution in [0.25, 0.3) is 16.7 Å². The van der Waals surface area contributed by atoms with Crippen LogP contribution in [0.5, 0.6) is 0 Å². The number of hydrogen-bond donors (Lipinski definition) is 0. The van der Waals surface area contributed by atoms with Gasteiger partial charge in [0, 0.05) is 37.6 Å². The second-order valence-electron chi connectivity index (χ2n) is 9.56. The highest BCUT2D eigenvalue weighted by Gasteiger charge is 2.27. The molecule has 0 saturated carbocycles. The van der Waals surface area contributed by atoms with E-state index in [1.165, 1.54) is 0 Å². The first-order valence-corrected chi connectivity index (χ1v) is 13.6. The number of nitrogens with zero attached hydrogens (tertiary/aromatic N) is 6. The van der Waals surface area contributed by atoms with Gasteiger partial charge in [-0.15, -0.1) is 0 Å². The van der Waals surface area contributed by atoms with Gasteiger partial charge in [-0.2, -0.15) is 5.10 Å². The lowest BCUT2D eigenvalue weighted by atomic mass is 10.1. The number of fused-ring (bicyclic) bond motifs is 1. The van der Waals surface area contributed by atoms with E-state index in [-0.39, 0.29) is 5.91 Å². The van der Waals surface area contributed by atoms with Crippen molar-refractivity contribution in [1.29, 1.82) is 0 Å². The molecular weight excluding hydrogens is 531 g/mol. The molecule has 1 fully saturated rings. The zero-order valence-electron chi connectivity index (χ0n) is 21.4. The fraction of sp³-hybridized carbons (Fsp3) is 0.200. The van der Waals surface area contributed by atoms with E-state index in [9.17, 15) is 4.79 Å². The van der Waals surface area contributed by atoms with Crippen LogP contribution in [0, 0.1) is 6.92 Å². The quantitative estimate of drug-likeness (QED) is 0.266. The van der Waals surface area contributed by atoms with Crippen molar-refractivity contribution in [2.24, 2.45) is 0 Å². The number of carbonyl (C=O) groups excluding carboxylic acids is 1. The number of hydrogen-bond acceptors (Lipinski definition) is 5. The molecule has 5 aromatic rings. The van der Waals surface area contributed by atoms with Gasteiger partial charge in [-0.25, -0.2) is 14.6 Å². The Morgan fingerprint density at radius 2 is 1.56 bits per heavy atom. The van der Waals surface area contributed by atoms with Crippen molar-refractivity contribution in [3.05, 3.63) is 112 Å². The Bertz CT molecular complexity index is 1650. The molecule has 7 nitrogen and oxygen atoms in total. The van der Waals surface area contributed by atoms with Gasteiger partial charge >= 0.3 is 0 Å². The fourth-order valence-electron chi connectivity index (χ4n) is 5.00. The SMILES string of the molecule is Cc1nn(-c2ccccc2)c2nc(Cc3ccccc3)nc(N3CCN(C(=O)c4ccc(Cl)cc4Cl)CC3)c12. The fourth-order valence-corrected chi connectivity index (χ4v) is 5.48. The number of rotatable bonds is 5. The van der Waals surface area contributed by atoms with E-state index < -0.39 is 0 Å². The minimum absolute atomic E-state index is 0.0954. The predicted octanol–water partition coefficient (Wildman–Crippen LogP) is 5.98. The van der Waals surface area contributed by atoms with Crippen molar-refractivity contribution < 1.29 is 4.79 Å². The number of benzene rings is 3. The number of piperazine rings is 1. The molecule has 9 heteroatoms. The normalized spacial score (nSPS) is 13.7. The van der Waals surface area contributed by atoms with E-state index in [0.29, 0.717) is 48.2 Å². The molecule has 196 valence electrons. The van der Waals surface area contributed by atoms with Crippen LogP contribution in [0.2, 0.25) is 10.0 Å². The first kappa shape index (κ1) is 25.3. The number of aromatic nitrogens is 4. The summed E-state index contributed by atoms with van der Waals surface area (Å²) in [6.07, 6.45) is 0.607. The molecule has 6 rings (SSSR count). The summed E-state index contributed by atoms with van der Waals surface area (Å²) in [5.41, 5.74) is 4.19. The van der Waals surface area contributed by atoms with Crippen molar-refractivity contribution in [2.45, 2.75) is 13.3 Å². The molecule has 1 amide bonds. The van der Waals surface area contributed by atoms with E-state index in [4.69, 9.17) is 38.3 Å². The van der Waals surface area contributed by atoms with Crippen LogP contribution in [-0.4, -0.2) is 56.7 Å². The Balaban J connectivity index is 1.35. The van der Waals surface area contributed by atoms with Crippen LogP contribution >= 0.6 is 23.2 Å². The van der Waals surface area contributed by atoms with Crippen molar-refractivity contribution in [3.63, 3.8) is 0 Å².